The van der Waals surface area contributed by atoms with Crippen LogP contribution < -0.4 is 10.6 Å². The highest BCUT2D eigenvalue weighted by Gasteiger charge is 2.16. The maximum atomic E-state index is 11.7. The monoisotopic (exact) mass is 275 g/mol. The standard InChI is InChI=1S/C13H17N5O2/c19-13(14-7-10-4-6-20-9-10)15-8-12-17-16-11-3-1-2-5-18(11)12/h1-3,5,10H,4,6-9H2,(H2,14,15,19)/t10-/m0/s1. The van der Waals surface area contributed by atoms with E-state index in [9.17, 15) is 4.79 Å². The van der Waals surface area contributed by atoms with Gasteiger partial charge in [0.1, 0.15) is 0 Å². The number of amides is 2. The number of rotatable bonds is 4. The molecular weight excluding hydrogens is 258 g/mol. The van der Waals surface area contributed by atoms with Crippen molar-refractivity contribution in [3.05, 3.63) is 30.2 Å². The van der Waals surface area contributed by atoms with Gasteiger partial charge >= 0.3 is 6.03 Å². The second-order valence-corrected chi connectivity index (χ2v) is 4.84. The number of fused-ring (bicyclic) bond motifs is 1. The molecule has 2 aromatic rings. The lowest BCUT2D eigenvalue weighted by Crippen LogP contribution is -2.38. The van der Waals surface area contributed by atoms with Gasteiger partial charge in [-0.3, -0.25) is 4.40 Å². The van der Waals surface area contributed by atoms with Crippen LogP contribution in [0.25, 0.3) is 5.65 Å². The SMILES string of the molecule is O=C(NCc1nnc2ccccn12)NC[C@@H]1CCOC1. The zero-order chi connectivity index (χ0) is 13.8. The van der Waals surface area contributed by atoms with E-state index < -0.39 is 0 Å². The van der Waals surface area contributed by atoms with Crippen molar-refractivity contribution in [1.82, 2.24) is 25.2 Å². The van der Waals surface area contributed by atoms with Crippen LogP contribution in [0.15, 0.2) is 24.4 Å². The number of hydrogen-bond acceptors (Lipinski definition) is 4. The lowest BCUT2D eigenvalue weighted by molar-refractivity contribution is 0.185. The smallest absolute Gasteiger partial charge is 0.315 e. The molecule has 0 bridgehead atoms. The maximum Gasteiger partial charge on any atom is 0.315 e. The minimum Gasteiger partial charge on any atom is -0.381 e. The highest BCUT2D eigenvalue weighted by molar-refractivity contribution is 5.73. The third-order valence-corrected chi connectivity index (χ3v) is 3.37. The van der Waals surface area contributed by atoms with Gasteiger partial charge in [-0.05, 0) is 18.6 Å². The summed E-state index contributed by atoms with van der Waals surface area (Å²) >= 11 is 0. The number of aromatic nitrogens is 3. The van der Waals surface area contributed by atoms with E-state index in [1.165, 1.54) is 0 Å². The van der Waals surface area contributed by atoms with Crippen LogP contribution in [0.3, 0.4) is 0 Å². The molecule has 1 atom stereocenters. The van der Waals surface area contributed by atoms with Crippen molar-refractivity contribution in [2.75, 3.05) is 19.8 Å². The molecule has 106 valence electrons. The van der Waals surface area contributed by atoms with Crippen LogP contribution in [0.1, 0.15) is 12.2 Å². The van der Waals surface area contributed by atoms with E-state index in [2.05, 4.69) is 20.8 Å². The van der Waals surface area contributed by atoms with Gasteiger partial charge in [-0.15, -0.1) is 10.2 Å². The summed E-state index contributed by atoms with van der Waals surface area (Å²) in [6.45, 7) is 2.51. The van der Waals surface area contributed by atoms with E-state index in [1.54, 1.807) is 0 Å². The summed E-state index contributed by atoms with van der Waals surface area (Å²) in [7, 11) is 0. The molecule has 3 rings (SSSR count). The Hall–Kier alpha value is -2.15. The third-order valence-electron chi connectivity index (χ3n) is 3.37. The van der Waals surface area contributed by atoms with Gasteiger partial charge in [0.05, 0.1) is 13.2 Å². The molecule has 0 spiro atoms. The largest absolute Gasteiger partial charge is 0.381 e. The fourth-order valence-corrected chi connectivity index (χ4v) is 2.21. The summed E-state index contributed by atoms with van der Waals surface area (Å²) in [5, 5.41) is 13.7. The zero-order valence-corrected chi connectivity index (χ0v) is 11.1. The Kier molecular flexibility index (Phi) is 3.78. The summed E-state index contributed by atoms with van der Waals surface area (Å²) in [5.74, 6) is 1.13. The normalized spacial score (nSPS) is 18.3. The van der Waals surface area contributed by atoms with Crippen LogP contribution >= 0.6 is 0 Å². The summed E-state index contributed by atoms with van der Waals surface area (Å²) in [5.41, 5.74) is 0.771. The Morgan fingerprint density at radius 1 is 1.40 bits per heavy atom. The zero-order valence-electron chi connectivity index (χ0n) is 11.1. The van der Waals surface area contributed by atoms with Crippen molar-refractivity contribution in [2.24, 2.45) is 5.92 Å². The molecule has 2 N–H and O–H groups in total. The summed E-state index contributed by atoms with van der Waals surface area (Å²) in [6.07, 6.45) is 2.88. The lowest BCUT2D eigenvalue weighted by Gasteiger charge is -2.10. The van der Waals surface area contributed by atoms with Crippen molar-refractivity contribution in [2.45, 2.75) is 13.0 Å². The van der Waals surface area contributed by atoms with E-state index in [0.29, 0.717) is 24.8 Å². The average molecular weight is 275 g/mol. The number of pyridine rings is 1. The van der Waals surface area contributed by atoms with Crippen LogP contribution in [-0.2, 0) is 11.3 Å². The topological polar surface area (TPSA) is 80.6 Å². The lowest BCUT2D eigenvalue weighted by atomic mass is 10.1. The molecule has 0 unspecified atom stereocenters. The Balaban J connectivity index is 1.49. The predicted molar refractivity (Wildman–Crippen MR) is 72.2 cm³/mol. The molecule has 7 heteroatoms. The van der Waals surface area contributed by atoms with Gasteiger partial charge < -0.3 is 15.4 Å². The molecule has 2 amide bonds. The number of hydrogen-bond donors (Lipinski definition) is 2. The first-order chi connectivity index (χ1) is 9.83. The Morgan fingerprint density at radius 2 is 2.35 bits per heavy atom. The van der Waals surface area contributed by atoms with Crippen molar-refractivity contribution >= 4 is 11.7 Å². The number of nitrogens with zero attached hydrogens (tertiary/aromatic N) is 3. The second kappa shape index (κ2) is 5.87. The minimum atomic E-state index is -0.190. The van der Waals surface area contributed by atoms with E-state index in [0.717, 1.165) is 25.3 Å². The number of ether oxygens (including phenoxy) is 1. The van der Waals surface area contributed by atoms with E-state index in [1.807, 2.05) is 28.8 Å². The molecule has 20 heavy (non-hydrogen) atoms. The number of nitrogens with one attached hydrogen (secondary N) is 2. The molecule has 1 aliphatic heterocycles. The van der Waals surface area contributed by atoms with Crippen molar-refractivity contribution < 1.29 is 9.53 Å². The molecule has 2 aromatic heterocycles. The van der Waals surface area contributed by atoms with Crippen LogP contribution in [0.4, 0.5) is 4.79 Å². The molecule has 1 aliphatic rings. The van der Waals surface area contributed by atoms with Crippen LogP contribution in [0.2, 0.25) is 0 Å². The fourth-order valence-electron chi connectivity index (χ4n) is 2.21. The molecule has 1 saturated heterocycles. The second-order valence-electron chi connectivity index (χ2n) is 4.84. The molecule has 0 radical (unpaired) electrons. The molecule has 0 aliphatic carbocycles. The van der Waals surface area contributed by atoms with Gasteiger partial charge in [-0.1, -0.05) is 6.07 Å². The first kappa shape index (κ1) is 12.9. The van der Waals surface area contributed by atoms with Crippen molar-refractivity contribution in [1.29, 1.82) is 0 Å². The fraction of sp³-hybridized carbons (Fsp3) is 0.462. The van der Waals surface area contributed by atoms with Crippen molar-refractivity contribution in [3.63, 3.8) is 0 Å². The van der Waals surface area contributed by atoms with Gasteiger partial charge in [0, 0.05) is 25.3 Å². The van der Waals surface area contributed by atoms with Crippen LogP contribution in [-0.4, -0.2) is 40.4 Å². The predicted octanol–water partition coefficient (Wildman–Crippen LogP) is 0.565. The maximum absolute atomic E-state index is 11.7. The van der Waals surface area contributed by atoms with Gasteiger partial charge in [0.2, 0.25) is 0 Å². The highest BCUT2D eigenvalue weighted by Crippen LogP contribution is 2.10. The third kappa shape index (κ3) is 2.88. The Morgan fingerprint density at radius 3 is 3.20 bits per heavy atom. The summed E-state index contributed by atoms with van der Waals surface area (Å²) in [6, 6.07) is 5.48. The Labute approximate surface area is 116 Å². The molecule has 3 heterocycles. The number of carbonyl (C=O) groups is 1. The molecule has 0 aromatic carbocycles. The Bertz CT molecular complexity index is 591. The molecule has 1 fully saturated rings. The first-order valence-electron chi connectivity index (χ1n) is 6.71. The molecular formula is C13H17N5O2. The van der Waals surface area contributed by atoms with Gasteiger partial charge in [0.15, 0.2) is 11.5 Å². The minimum absolute atomic E-state index is 0.190. The van der Waals surface area contributed by atoms with Crippen molar-refractivity contribution in [3.8, 4) is 0 Å². The van der Waals surface area contributed by atoms with E-state index in [4.69, 9.17) is 4.74 Å². The van der Waals surface area contributed by atoms with E-state index >= 15 is 0 Å². The quantitative estimate of drug-likeness (QED) is 0.854. The van der Waals surface area contributed by atoms with Gasteiger partial charge in [-0.25, -0.2) is 4.79 Å². The number of carbonyl (C=O) groups excluding carboxylic acids is 1. The molecule has 0 saturated carbocycles. The average Bonchev–Trinajstić information content (AvgIpc) is 3.12. The van der Waals surface area contributed by atoms with Crippen LogP contribution in [0, 0.1) is 5.92 Å². The van der Waals surface area contributed by atoms with Crippen LogP contribution in [0.5, 0.6) is 0 Å². The first-order valence-corrected chi connectivity index (χ1v) is 6.71. The molecule has 7 nitrogen and oxygen atoms in total. The van der Waals surface area contributed by atoms with Gasteiger partial charge in [-0.2, -0.15) is 0 Å². The van der Waals surface area contributed by atoms with Gasteiger partial charge in [0.25, 0.3) is 0 Å². The van der Waals surface area contributed by atoms with E-state index in [-0.39, 0.29) is 6.03 Å². The summed E-state index contributed by atoms with van der Waals surface area (Å²) in [4.78, 5) is 11.7. The summed E-state index contributed by atoms with van der Waals surface area (Å²) < 4.78 is 7.12. The number of urea groups is 1. The highest BCUT2D eigenvalue weighted by atomic mass is 16.5.